The monoisotopic (exact) mass is 496 g/mol. The maximum atomic E-state index is 14.0. The summed E-state index contributed by atoms with van der Waals surface area (Å²) in [4.78, 5) is 39.8. The van der Waals surface area contributed by atoms with E-state index < -0.39 is 5.41 Å². The second-order valence-corrected chi connectivity index (χ2v) is 11.1. The molecule has 3 aliphatic rings. The highest BCUT2D eigenvalue weighted by molar-refractivity contribution is 6.30. The zero-order chi connectivity index (χ0) is 24.9. The van der Waals surface area contributed by atoms with Gasteiger partial charge in [0.15, 0.2) is 0 Å². The molecule has 2 amide bonds. The van der Waals surface area contributed by atoms with Crippen molar-refractivity contribution in [1.82, 2.24) is 20.2 Å². The molecule has 2 aromatic rings. The normalized spacial score (nSPS) is 23.4. The molecule has 9 heteroatoms. The molecule has 2 saturated heterocycles. The van der Waals surface area contributed by atoms with Gasteiger partial charge in [0.2, 0.25) is 11.8 Å². The number of benzene rings is 1. The summed E-state index contributed by atoms with van der Waals surface area (Å²) >= 11 is 6.12. The van der Waals surface area contributed by atoms with Crippen LogP contribution in [0.15, 0.2) is 30.6 Å². The van der Waals surface area contributed by atoms with Crippen LogP contribution >= 0.6 is 11.6 Å². The maximum Gasteiger partial charge on any atom is 0.235 e. The number of amides is 2. The molecule has 8 nitrogen and oxygen atoms in total. The molecule has 3 aliphatic heterocycles. The van der Waals surface area contributed by atoms with E-state index in [-0.39, 0.29) is 35.9 Å². The average molecular weight is 497 g/mol. The highest BCUT2D eigenvalue weighted by Gasteiger charge is 2.48. The molecule has 3 unspecified atom stereocenters. The van der Waals surface area contributed by atoms with E-state index in [0.29, 0.717) is 30.5 Å². The Kier molecular flexibility index (Phi) is 6.21. The number of piperazine rings is 1. The van der Waals surface area contributed by atoms with Crippen molar-refractivity contribution in [3.05, 3.63) is 46.7 Å². The fourth-order valence-electron chi connectivity index (χ4n) is 5.68. The minimum absolute atomic E-state index is 0.0607. The Balaban J connectivity index is 1.40. The smallest absolute Gasteiger partial charge is 0.235 e. The summed E-state index contributed by atoms with van der Waals surface area (Å²) in [5.41, 5.74) is 1.14. The molecule has 2 bridgehead atoms. The second kappa shape index (κ2) is 9.06. The van der Waals surface area contributed by atoms with Crippen molar-refractivity contribution in [2.24, 2.45) is 0 Å². The second-order valence-electron chi connectivity index (χ2n) is 10.7. The number of hydrogen-bond donors (Lipinski definition) is 2. The van der Waals surface area contributed by atoms with Gasteiger partial charge < -0.3 is 20.4 Å². The van der Waals surface area contributed by atoms with Gasteiger partial charge in [-0.2, -0.15) is 0 Å². The van der Waals surface area contributed by atoms with Crippen LogP contribution in [-0.4, -0.2) is 64.4 Å². The van der Waals surface area contributed by atoms with Crippen molar-refractivity contribution >= 4 is 35.1 Å². The van der Waals surface area contributed by atoms with Crippen LogP contribution < -0.4 is 15.5 Å². The Labute approximate surface area is 211 Å². The van der Waals surface area contributed by atoms with Crippen molar-refractivity contribution in [3.63, 3.8) is 0 Å². The minimum atomic E-state index is -0.694. The predicted molar refractivity (Wildman–Crippen MR) is 137 cm³/mol. The topological polar surface area (TPSA) is 90.5 Å². The molecule has 0 radical (unpaired) electrons. The number of aromatic nitrogens is 2. The van der Waals surface area contributed by atoms with E-state index in [9.17, 15) is 9.59 Å². The Morgan fingerprint density at radius 2 is 1.83 bits per heavy atom. The molecule has 0 spiro atoms. The quantitative estimate of drug-likeness (QED) is 0.637. The number of halogens is 1. The van der Waals surface area contributed by atoms with Crippen molar-refractivity contribution < 1.29 is 9.59 Å². The lowest BCUT2D eigenvalue weighted by Gasteiger charge is -2.43. The van der Waals surface area contributed by atoms with E-state index in [4.69, 9.17) is 11.6 Å². The van der Waals surface area contributed by atoms with Crippen molar-refractivity contribution in [2.75, 3.05) is 29.9 Å². The Morgan fingerprint density at radius 1 is 1.17 bits per heavy atom. The van der Waals surface area contributed by atoms with Crippen LogP contribution in [0.3, 0.4) is 0 Å². The lowest BCUT2D eigenvalue weighted by molar-refractivity contribution is -0.136. The first-order valence-electron chi connectivity index (χ1n) is 12.4. The summed E-state index contributed by atoms with van der Waals surface area (Å²) < 4.78 is 0. The van der Waals surface area contributed by atoms with Gasteiger partial charge in [0.05, 0.1) is 16.9 Å². The van der Waals surface area contributed by atoms with Gasteiger partial charge in [-0.15, -0.1) is 0 Å². The Morgan fingerprint density at radius 3 is 2.46 bits per heavy atom. The van der Waals surface area contributed by atoms with Gasteiger partial charge in [0.1, 0.15) is 18.0 Å². The zero-order valence-electron chi connectivity index (χ0n) is 20.7. The number of carbonyl (C=O) groups excluding carboxylic acids is 2. The predicted octanol–water partition coefficient (Wildman–Crippen LogP) is 3.32. The van der Waals surface area contributed by atoms with Gasteiger partial charge >= 0.3 is 0 Å². The van der Waals surface area contributed by atoms with Gasteiger partial charge in [0, 0.05) is 42.8 Å². The van der Waals surface area contributed by atoms with Gasteiger partial charge in [-0.1, -0.05) is 37.6 Å². The summed E-state index contributed by atoms with van der Waals surface area (Å²) in [7, 11) is 0. The van der Waals surface area contributed by atoms with E-state index in [0.717, 1.165) is 29.8 Å². The standard InChI is InChI=1S/C26H33ClN6O2/c1-15(2)28-11-20(16-5-7-17(27)8-6-16)24(34)33-18-9-10-19(33)13-32(12-18)23-21-22(29-14-30-23)31-25(35)26(21,3)4/h5-8,14-15,18-20,28H,9-13H2,1-4H3,(H,29,30,31,35). The molecule has 4 heterocycles. The van der Waals surface area contributed by atoms with Gasteiger partial charge in [-0.25, -0.2) is 9.97 Å². The molecule has 186 valence electrons. The molecule has 1 aromatic heterocycles. The number of nitrogens with zero attached hydrogens (tertiary/aromatic N) is 4. The SMILES string of the molecule is CC(C)NCC(C(=O)N1C2CCC1CN(c1ncnc3c1C(C)(C)C(=O)N3)C2)c1ccc(Cl)cc1. The van der Waals surface area contributed by atoms with Crippen LogP contribution in [-0.2, 0) is 15.0 Å². The Hall–Kier alpha value is -2.71. The molecule has 0 aliphatic carbocycles. The maximum absolute atomic E-state index is 14.0. The summed E-state index contributed by atoms with van der Waals surface area (Å²) in [5.74, 6) is 1.23. The first-order valence-corrected chi connectivity index (χ1v) is 12.8. The van der Waals surface area contributed by atoms with E-state index in [2.05, 4.69) is 44.2 Å². The molecule has 0 saturated carbocycles. The third-order valence-corrected chi connectivity index (χ3v) is 7.84. The van der Waals surface area contributed by atoms with Gasteiger partial charge in [0.25, 0.3) is 0 Å². The lowest BCUT2D eigenvalue weighted by Crippen LogP contribution is -2.58. The summed E-state index contributed by atoms with van der Waals surface area (Å²) in [6.45, 7) is 9.98. The van der Waals surface area contributed by atoms with Crippen LogP contribution in [0.4, 0.5) is 11.6 Å². The first-order chi connectivity index (χ1) is 16.7. The molecule has 1 aromatic carbocycles. The molecule has 2 N–H and O–H groups in total. The third-order valence-electron chi connectivity index (χ3n) is 7.59. The van der Waals surface area contributed by atoms with Crippen LogP contribution in [0.25, 0.3) is 0 Å². The van der Waals surface area contributed by atoms with Crippen LogP contribution in [0.5, 0.6) is 0 Å². The zero-order valence-corrected chi connectivity index (χ0v) is 21.5. The number of rotatable bonds is 6. The summed E-state index contributed by atoms with van der Waals surface area (Å²) in [6.07, 6.45) is 3.45. The third kappa shape index (κ3) is 4.27. The molecular formula is C26H33ClN6O2. The van der Waals surface area contributed by atoms with E-state index >= 15 is 0 Å². The van der Waals surface area contributed by atoms with Gasteiger partial charge in [-0.3, -0.25) is 9.59 Å². The van der Waals surface area contributed by atoms with Crippen molar-refractivity contribution in [3.8, 4) is 0 Å². The van der Waals surface area contributed by atoms with Gasteiger partial charge in [-0.05, 0) is 44.4 Å². The van der Waals surface area contributed by atoms with E-state index in [1.165, 1.54) is 6.33 Å². The average Bonchev–Trinajstić information content (AvgIpc) is 3.22. The van der Waals surface area contributed by atoms with Crippen molar-refractivity contribution in [1.29, 1.82) is 0 Å². The minimum Gasteiger partial charge on any atom is -0.352 e. The number of nitrogens with one attached hydrogen (secondary N) is 2. The van der Waals surface area contributed by atoms with Crippen molar-refractivity contribution in [2.45, 2.75) is 70.0 Å². The number of fused-ring (bicyclic) bond motifs is 3. The number of anilines is 2. The van der Waals surface area contributed by atoms with Crippen LogP contribution in [0, 0.1) is 0 Å². The lowest BCUT2D eigenvalue weighted by atomic mass is 9.86. The van der Waals surface area contributed by atoms with E-state index in [1.54, 1.807) is 0 Å². The largest absolute Gasteiger partial charge is 0.352 e. The highest BCUT2D eigenvalue weighted by Crippen LogP contribution is 2.43. The fourth-order valence-corrected chi connectivity index (χ4v) is 5.80. The van der Waals surface area contributed by atoms with Crippen LogP contribution in [0.1, 0.15) is 57.6 Å². The molecule has 5 rings (SSSR count). The number of carbonyl (C=O) groups is 2. The highest BCUT2D eigenvalue weighted by atomic mass is 35.5. The first kappa shape index (κ1) is 24.0. The fraction of sp³-hybridized carbons (Fsp3) is 0.538. The van der Waals surface area contributed by atoms with Crippen LogP contribution in [0.2, 0.25) is 5.02 Å². The summed E-state index contributed by atoms with van der Waals surface area (Å²) in [5, 5.41) is 7.02. The Bertz CT molecular complexity index is 1120. The van der Waals surface area contributed by atoms with E-state index in [1.807, 2.05) is 38.1 Å². The molecular weight excluding hydrogens is 464 g/mol. The molecule has 35 heavy (non-hydrogen) atoms. The molecule has 3 atom stereocenters. The molecule has 2 fully saturated rings. The number of hydrogen-bond acceptors (Lipinski definition) is 6. The summed E-state index contributed by atoms with van der Waals surface area (Å²) in [6, 6.07) is 8.12.